The number of nitrogens with zero attached hydrogens (tertiary/aromatic N) is 1. The summed E-state index contributed by atoms with van der Waals surface area (Å²) in [6.07, 6.45) is 3.34. The van der Waals surface area contributed by atoms with Gasteiger partial charge in [0.25, 0.3) is 5.91 Å². The van der Waals surface area contributed by atoms with E-state index in [1.807, 2.05) is 0 Å². The first-order chi connectivity index (χ1) is 11.6. The van der Waals surface area contributed by atoms with Crippen molar-refractivity contribution in [2.24, 2.45) is 11.8 Å². The van der Waals surface area contributed by atoms with Gasteiger partial charge in [-0.15, -0.1) is 0 Å². The van der Waals surface area contributed by atoms with Gasteiger partial charge in [-0.2, -0.15) is 0 Å². The van der Waals surface area contributed by atoms with Crippen LogP contribution in [0.3, 0.4) is 0 Å². The average Bonchev–Trinajstić information content (AvgIpc) is 3.43. The first-order valence-corrected chi connectivity index (χ1v) is 8.41. The number of carboxylic acids is 1. The lowest BCUT2D eigenvalue weighted by Gasteiger charge is -2.30. The van der Waals surface area contributed by atoms with Crippen LogP contribution < -0.4 is 9.47 Å². The molecule has 24 heavy (non-hydrogen) atoms. The zero-order chi connectivity index (χ0) is 17.1. The Labute approximate surface area is 141 Å². The lowest BCUT2D eigenvalue weighted by Crippen LogP contribution is -2.40. The number of benzene rings is 1. The van der Waals surface area contributed by atoms with Crippen LogP contribution in [0.2, 0.25) is 0 Å². The van der Waals surface area contributed by atoms with Crippen LogP contribution in [0.25, 0.3) is 0 Å². The predicted octanol–water partition coefficient (Wildman–Crippen LogP) is 2.42. The van der Waals surface area contributed by atoms with Crippen molar-refractivity contribution < 1.29 is 24.2 Å². The summed E-state index contributed by atoms with van der Waals surface area (Å²) in [6.45, 7) is 1.54. The highest BCUT2D eigenvalue weighted by atomic mass is 16.5. The molecule has 1 aromatic carbocycles. The molecule has 0 spiro atoms. The van der Waals surface area contributed by atoms with E-state index in [0.717, 1.165) is 0 Å². The minimum atomic E-state index is -0.778. The van der Waals surface area contributed by atoms with Gasteiger partial charge in [0.05, 0.1) is 25.2 Å². The summed E-state index contributed by atoms with van der Waals surface area (Å²) in [5.41, 5.74) is 0.519. The lowest BCUT2D eigenvalue weighted by atomic mass is 9.96. The highest BCUT2D eigenvalue weighted by Gasteiger charge is 2.29. The number of carbonyl (C=O) groups excluding carboxylic acids is 1. The van der Waals surface area contributed by atoms with Gasteiger partial charge in [0, 0.05) is 19.2 Å². The molecule has 0 unspecified atom stereocenters. The molecule has 1 aliphatic carbocycles. The second kappa shape index (κ2) is 7.11. The van der Waals surface area contributed by atoms with Crippen LogP contribution >= 0.6 is 0 Å². The molecule has 0 bridgehead atoms. The summed E-state index contributed by atoms with van der Waals surface area (Å²) in [5, 5.41) is 9.07. The van der Waals surface area contributed by atoms with Gasteiger partial charge in [0.1, 0.15) is 11.5 Å². The summed E-state index contributed by atoms with van der Waals surface area (Å²) < 4.78 is 11.1. The van der Waals surface area contributed by atoms with E-state index in [4.69, 9.17) is 14.6 Å². The molecule has 6 heteroatoms. The predicted molar refractivity (Wildman–Crippen MR) is 87.5 cm³/mol. The van der Waals surface area contributed by atoms with Crippen molar-refractivity contribution in [3.05, 3.63) is 23.8 Å². The Bertz CT molecular complexity index is 618. The number of amides is 1. The van der Waals surface area contributed by atoms with E-state index in [1.54, 1.807) is 30.2 Å². The Kier molecular flexibility index (Phi) is 4.92. The second-order valence-corrected chi connectivity index (χ2v) is 6.52. The van der Waals surface area contributed by atoms with Crippen molar-refractivity contribution in [1.29, 1.82) is 0 Å². The maximum Gasteiger partial charge on any atom is 0.306 e. The Morgan fingerprint density at radius 3 is 2.50 bits per heavy atom. The van der Waals surface area contributed by atoms with Gasteiger partial charge in [-0.25, -0.2) is 0 Å². The Morgan fingerprint density at radius 2 is 1.92 bits per heavy atom. The minimum absolute atomic E-state index is 0.104. The summed E-state index contributed by atoms with van der Waals surface area (Å²) in [6, 6.07) is 5.23. The number of piperidine rings is 1. The zero-order valence-electron chi connectivity index (χ0n) is 13.9. The number of likely N-dealkylation sites (tertiary alicyclic amines) is 1. The molecule has 2 aliphatic rings. The molecule has 2 fully saturated rings. The van der Waals surface area contributed by atoms with E-state index < -0.39 is 5.97 Å². The Balaban J connectivity index is 1.72. The van der Waals surface area contributed by atoms with E-state index >= 15 is 0 Å². The van der Waals surface area contributed by atoms with Gasteiger partial charge < -0.3 is 19.5 Å². The number of carboxylic acid groups (broad SMARTS) is 1. The van der Waals surface area contributed by atoms with Gasteiger partial charge in [-0.3, -0.25) is 9.59 Å². The normalized spacial score (nSPS) is 18.3. The molecule has 1 amide bonds. The molecule has 1 saturated heterocycles. The molecule has 1 saturated carbocycles. The highest BCUT2D eigenvalue weighted by Crippen LogP contribution is 2.32. The Morgan fingerprint density at radius 1 is 1.21 bits per heavy atom. The van der Waals surface area contributed by atoms with E-state index in [0.29, 0.717) is 55.5 Å². The largest absolute Gasteiger partial charge is 0.497 e. The molecule has 1 aliphatic heterocycles. The standard InChI is InChI=1S/C18H23NO5/c1-23-14-4-5-15(16(10-14)24-11-12-2-3-12)17(20)19-8-6-13(7-9-19)18(21)22/h4-5,10,12-13H,2-3,6-9,11H2,1H3,(H,21,22). The minimum Gasteiger partial charge on any atom is -0.497 e. The maximum atomic E-state index is 12.8. The van der Waals surface area contributed by atoms with Crippen LogP contribution in [0.4, 0.5) is 0 Å². The van der Waals surface area contributed by atoms with Crippen LogP contribution in [0.5, 0.6) is 11.5 Å². The highest BCUT2D eigenvalue weighted by molar-refractivity contribution is 5.97. The van der Waals surface area contributed by atoms with Gasteiger partial charge in [-0.1, -0.05) is 0 Å². The second-order valence-electron chi connectivity index (χ2n) is 6.52. The fourth-order valence-electron chi connectivity index (χ4n) is 2.92. The number of aliphatic carboxylic acids is 1. The summed E-state index contributed by atoms with van der Waals surface area (Å²) in [4.78, 5) is 25.6. The van der Waals surface area contributed by atoms with Crippen LogP contribution in [-0.4, -0.2) is 48.7 Å². The fraction of sp³-hybridized carbons (Fsp3) is 0.556. The number of ether oxygens (including phenoxy) is 2. The number of hydrogen-bond acceptors (Lipinski definition) is 4. The van der Waals surface area contributed by atoms with E-state index in [9.17, 15) is 9.59 Å². The molecular formula is C18H23NO5. The first-order valence-electron chi connectivity index (χ1n) is 8.41. The van der Waals surface area contributed by atoms with E-state index in [1.165, 1.54) is 12.8 Å². The van der Waals surface area contributed by atoms with Crippen molar-refractivity contribution in [2.75, 3.05) is 26.8 Å². The third-order valence-electron chi connectivity index (χ3n) is 4.72. The topological polar surface area (TPSA) is 76.1 Å². The first kappa shape index (κ1) is 16.6. The number of hydrogen-bond donors (Lipinski definition) is 1. The van der Waals surface area contributed by atoms with Gasteiger partial charge >= 0.3 is 5.97 Å². The monoisotopic (exact) mass is 333 g/mol. The molecule has 1 N–H and O–H groups in total. The third-order valence-corrected chi connectivity index (χ3v) is 4.72. The fourth-order valence-corrected chi connectivity index (χ4v) is 2.92. The number of carbonyl (C=O) groups is 2. The summed E-state index contributed by atoms with van der Waals surface area (Å²) in [5.74, 6) is 0.557. The van der Waals surface area contributed by atoms with Crippen molar-refractivity contribution >= 4 is 11.9 Å². The van der Waals surface area contributed by atoms with Gasteiger partial charge in [0.2, 0.25) is 0 Å². The molecule has 6 nitrogen and oxygen atoms in total. The third kappa shape index (κ3) is 3.80. The molecule has 0 aromatic heterocycles. The van der Waals surface area contributed by atoms with Crippen LogP contribution in [0.15, 0.2) is 18.2 Å². The van der Waals surface area contributed by atoms with Crippen LogP contribution in [0, 0.1) is 11.8 Å². The zero-order valence-corrected chi connectivity index (χ0v) is 13.9. The van der Waals surface area contributed by atoms with Crippen molar-refractivity contribution in [2.45, 2.75) is 25.7 Å². The van der Waals surface area contributed by atoms with Gasteiger partial charge in [-0.05, 0) is 43.7 Å². The van der Waals surface area contributed by atoms with Crippen molar-refractivity contribution in [3.63, 3.8) is 0 Å². The van der Waals surface area contributed by atoms with E-state index in [-0.39, 0.29) is 11.8 Å². The SMILES string of the molecule is COc1ccc(C(=O)N2CCC(C(=O)O)CC2)c(OCC2CC2)c1. The molecule has 130 valence electrons. The smallest absolute Gasteiger partial charge is 0.306 e. The lowest BCUT2D eigenvalue weighted by molar-refractivity contribution is -0.143. The number of rotatable bonds is 6. The van der Waals surface area contributed by atoms with E-state index in [2.05, 4.69) is 0 Å². The maximum absolute atomic E-state index is 12.8. The van der Waals surface area contributed by atoms with Crippen molar-refractivity contribution in [1.82, 2.24) is 4.90 Å². The molecule has 0 radical (unpaired) electrons. The molecular weight excluding hydrogens is 310 g/mol. The molecule has 1 aromatic rings. The quantitative estimate of drug-likeness (QED) is 0.865. The van der Waals surface area contributed by atoms with Crippen molar-refractivity contribution in [3.8, 4) is 11.5 Å². The van der Waals surface area contributed by atoms with Gasteiger partial charge in [0.15, 0.2) is 0 Å². The Hall–Kier alpha value is -2.24. The summed E-state index contributed by atoms with van der Waals surface area (Å²) >= 11 is 0. The molecule has 1 heterocycles. The molecule has 3 rings (SSSR count). The summed E-state index contributed by atoms with van der Waals surface area (Å²) in [7, 11) is 1.58. The van der Waals surface area contributed by atoms with Crippen LogP contribution in [-0.2, 0) is 4.79 Å². The number of methoxy groups -OCH3 is 1. The molecule has 0 atom stereocenters. The van der Waals surface area contributed by atoms with Crippen LogP contribution in [0.1, 0.15) is 36.0 Å². The average molecular weight is 333 g/mol.